The monoisotopic (exact) mass is 979 g/mol. The van der Waals surface area contributed by atoms with E-state index >= 15 is 0 Å². The van der Waals surface area contributed by atoms with Gasteiger partial charge in [0.15, 0.2) is 12.6 Å². The summed E-state index contributed by atoms with van der Waals surface area (Å²) >= 11 is 3.32. The molecule has 2 heterocycles. The van der Waals surface area contributed by atoms with Gasteiger partial charge in [-0.3, -0.25) is 4.79 Å². The molecule has 6 unspecified atom stereocenters. The van der Waals surface area contributed by atoms with Gasteiger partial charge in [-0.1, -0.05) is 43.6 Å². The van der Waals surface area contributed by atoms with Crippen molar-refractivity contribution in [1.82, 2.24) is 0 Å². The van der Waals surface area contributed by atoms with E-state index in [4.69, 9.17) is 18.9 Å². The number of Topliss-reactive ketones (excluding diaryl/α,β-unsaturated/α-hetero) is 1. The molecule has 0 aromatic rings. The van der Waals surface area contributed by atoms with Gasteiger partial charge in [0.25, 0.3) is 0 Å². The van der Waals surface area contributed by atoms with Crippen LogP contribution in [0.3, 0.4) is 0 Å². The van der Waals surface area contributed by atoms with Crippen molar-refractivity contribution in [3.63, 3.8) is 0 Å². The fraction of sp³-hybridized carbons (Fsp3) is 0.981. The molecular weight excluding hydrogens is 895 g/mol. The average molecular weight is 980 g/mol. The number of aliphatic hydroxyl groups is 5. The zero-order chi connectivity index (χ0) is 45.3. The van der Waals surface area contributed by atoms with E-state index < -0.39 is 16.8 Å². The third-order valence-electron chi connectivity index (χ3n) is 23.8. The van der Waals surface area contributed by atoms with E-state index in [-0.39, 0.29) is 66.7 Å². The van der Waals surface area contributed by atoms with Gasteiger partial charge in [-0.05, 0) is 189 Å². The number of hydrogen-bond acceptors (Lipinski definition) is 10. The Kier molecular flexibility index (Phi) is 12.3. The number of aliphatic hydroxyl groups excluding tert-OH is 2. The van der Waals surface area contributed by atoms with Gasteiger partial charge in [0, 0.05) is 42.3 Å². The summed E-state index contributed by atoms with van der Waals surface area (Å²) in [6.07, 6.45) is 17.5. The molecule has 12 saturated carbocycles. The summed E-state index contributed by atoms with van der Waals surface area (Å²) in [5, 5.41) is 57.5. The molecule has 14 rings (SSSR count). The van der Waals surface area contributed by atoms with Gasteiger partial charge in [0.2, 0.25) is 0 Å². The molecule has 0 radical (unpaired) electrons. The number of carbonyl (C=O) groups is 1. The fourth-order valence-electron chi connectivity index (χ4n) is 20.4. The fourth-order valence-corrected chi connectivity index (χ4v) is 20.8. The van der Waals surface area contributed by atoms with Crippen LogP contribution in [0.4, 0.5) is 0 Å². The number of ether oxygens (including phenoxy) is 4. The van der Waals surface area contributed by atoms with Crippen molar-refractivity contribution in [2.45, 2.75) is 191 Å². The van der Waals surface area contributed by atoms with Crippen LogP contribution in [-0.2, 0) is 23.7 Å². The molecule has 0 aromatic carbocycles. The van der Waals surface area contributed by atoms with Crippen LogP contribution in [0.2, 0.25) is 0 Å². The minimum atomic E-state index is -0.683. The molecule has 2 aliphatic heterocycles. The van der Waals surface area contributed by atoms with E-state index in [1.165, 1.54) is 6.42 Å². The topological polar surface area (TPSA) is 155 Å². The second kappa shape index (κ2) is 16.7. The normalized spacial score (nSPS) is 58.7. The molecule has 368 valence electrons. The van der Waals surface area contributed by atoms with Gasteiger partial charge >= 0.3 is 18.9 Å². The molecule has 0 amide bonds. The molecule has 14 aliphatic rings. The van der Waals surface area contributed by atoms with Gasteiger partial charge in [-0.2, -0.15) is 0 Å². The molecule has 10 nitrogen and oxygen atoms in total. The summed E-state index contributed by atoms with van der Waals surface area (Å²) in [7, 11) is 0. The Labute approximate surface area is 416 Å². The Bertz CT molecular complexity index is 1870. The number of hydrogen-bond donors (Lipinski definition) is 5. The summed E-state index contributed by atoms with van der Waals surface area (Å²) in [5.41, 5.74) is -2.14. The predicted octanol–water partition coefficient (Wildman–Crippen LogP) is 4.93. The number of carbonyl (C=O) groups excluding carboxylic acids is 1. The summed E-state index contributed by atoms with van der Waals surface area (Å²) in [5.74, 6) is 8.29. The molecular formula is C54H84BrLiO10. The van der Waals surface area contributed by atoms with Crippen molar-refractivity contribution < 1.29 is 69.6 Å². The van der Waals surface area contributed by atoms with E-state index in [0.717, 1.165) is 134 Å². The molecule has 12 heteroatoms. The standard InChI is InChI=1S/C27H42O5.C21H30O3.C6H11BrO2.Li.H/c1-24-7-4-15(28)14-27(24,30)19-12-16(19)22-18(24)5-8-25(2)23(22)17-13-20(17)26(25,29)9-6-21-31-10-3-11-32-21;1-19-5-4-14-16(17(19)11-7-12(11)18(19)23)13-8-15(13)21(24)9-10(22)3-6-20(14,21)2;7-3-2-6-8-4-1-5-9-6;;/h15-23,28-30H,3-14H2,1-2H3;10-17,22,24H,3-9H2,1-2H3;6H,1-5H2;;/q;;;+1;-1/t15-,16-,17+,18?,19+,20-,22?,23?,24+,25-,26-,27+;10-,11+,12-,13-,14?,15+,16?,17?,19-,20+,21+;;;/m00.../s1. The van der Waals surface area contributed by atoms with Crippen molar-refractivity contribution in [2.75, 3.05) is 31.8 Å². The Morgan fingerprint density at radius 3 is 1.62 bits per heavy atom. The maximum absolute atomic E-state index is 12.9. The van der Waals surface area contributed by atoms with Crippen LogP contribution in [0.25, 0.3) is 0 Å². The van der Waals surface area contributed by atoms with Crippen LogP contribution in [0.5, 0.6) is 0 Å². The second-order valence-electron chi connectivity index (χ2n) is 26.2. The molecule has 66 heavy (non-hydrogen) atoms. The van der Waals surface area contributed by atoms with Crippen molar-refractivity contribution >= 4 is 21.7 Å². The molecule has 0 aromatic heterocycles. The van der Waals surface area contributed by atoms with Crippen LogP contribution >= 0.6 is 15.9 Å². The molecule has 12 aliphatic carbocycles. The van der Waals surface area contributed by atoms with E-state index in [2.05, 4.69) is 43.6 Å². The zero-order valence-electron chi connectivity index (χ0n) is 42.0. The first-order valence-corrected chi connectivity index (χ1v) is 28.2. The Morgan fingerprint density at radius 2 is 1.08 bits per heavy atom. The van der Waals surface area contributed by atoms with Gasteiger partial charge in [0.1, 0.15) is 5.78 Å². The quantitative estimate of drug-likeness (QED) is 0.190. The summed E-state index contributed by atoms with van der Waals surface area (Å²) in [6.45, 7) is 12.6. The van der Waals surface area contributed by atoms with Gasteiger partial charge < -0.3 is 45.9 Å². The Morgan fingerprint density at radius 1 is 0.591 bits per heavy atom. The van der Waals surface area contributed by atoms with E-state index in [1.54, 1.807) is 0 Å². The molecule has 14 fully saturated rings. The first-order chi connectivity index (χ1) is 31.0. The number of alkyl halides is 1. The van der Waals surface area contributed by atoms with Crippen LogP contribution in [0, 0.1) is 105 Å². The first kappa shape index (κ1) is 48.6. The third-order valence-corrected chi connectivity index (χ3v) is 24.2. The summed E-state index contributed by atoms with van der Waals surface area (Å²) in [6, 6.07) is 0. The molecule has 2 saturated heterocycles. The molecule has 0 spiro atoms. The number of fused-ring (bicyclic) bond motifs is 20. The third kappa shape index (κ3) is 6.85. The second-order valence-corrected chi connectivity index (χ2v) is 27.0. The molecule has 23 atom stereocenters. The minimum Gasteiger partial charge on any atom is -1.00 e. The predicted molar refractivity (Wildman–Crippen MR) is 247 cm³/mol. The Balaban J connectivity index is 0.000000132. The number of ketones is 1. The summed E-state index contributed by atoms with van der Waals surface area (Å²) in [4.78, 5) is 12.9. The SMILES string of the molecule is BrCCC1OCCCO1.C[C@]12CCC3C(C1[C@@H]1C[C@@H]1C2=O)[C@H]1C[C@H]1[C@]1(O)C[C@@H](O)CC[C@]31C.C[C@]12CCC3C(C1[C@@H]1C[C@@H]1[C@@]2(O)CCC1OCCCO1)[C@H]1C[C@H]1[C@]1(O)C[C@@H](O)CC[C@]31C.[H-].[Li+]. The first-order valence-electron chi connectivity index (χ1n) is 27.1. The average Bonchev–Trinajstić information content (AvgIpc) is 4.09. The van der Waals surface area contributed by atoms with Crippen molar-refractivity contribution in [1.29, 1.82) is 0 Å². The molecule has 0 bridgehead atoms. The van der Waals surface area contributed by atoms with Crippen LogP contribution < -0.4 is 18.9 Å². The van der Waals surface area contributed by atoms with E-state index in [1.807, 2.05) is 0 Å². The van der Waals surface area contributed by atoms with Crippen molar-refractivity contribution in [3.05, 3.63) is 0 Å². The van der Waals surface area contributed by atoms with Gasteiger partial charge in [0.05, 0.1) is 55.4 Å². The van der Waals surface area contributed by atoms with Crippen LogP contribution in [-0.4, -0.2) is 105 Å². The maximum atomic E-state index is 12.9. The van der Waals surface area contributed by atoms with Crippen LogP contribution in [0.1, 0.15) is 151 Å². The smallest absolute Gasteiger partial charge is 1.00 e. The number of rotatable bonds is 5. The largest absolute Gasteiger partial charge is 1.00 e. The Hall–Kier alpha value is 0.387. The van der Waals surface area contributed by atoms with Crippen molar-refractivity contribution in [3.8, 4) is 0 Å². The number of halogens is 1. The van der Waals surface area contributed by atoms with Gasteiger partial charge in [-0.25, -0.2) is 0 Å². The summed E-state index contributed by atoms with van der Waals surface area (Å²) < 4.78 is 22.2. The minimum absolute atomic E-state index is 0. The zero-order valence-corrected chi connectivity index (χ0v) is 42.6. The van der Waals surface area contributed by atoms with Gasteiger partial charge in [-0.15, -0.1) is 0 Å². The van der Waals surface area contributed by atoms with Crippen LogP contribution in [0.15, 0.2) is 0 Å². The molecule has 5 N–H and O–H groups in total. The van der Waals surface area contributed by atoms with E-state index in [0.29, 0.717) is 101 Å². The maximum Gasteiger partial charge on any atom is 1.00 e. The van der Waals surface area contributed by atoms with Crippen molar-refractivity contribution in [2.24, 2.45) is 105 Å². The van der Waals surface area contributed by atoms with E-state index in [9.17, 15) is 30.3 Å².